The van der Waals surface area contributed by atoms with Crippen molar-refractivity contribution in [1.82, 2.24) is 0 Å². The van der Waals surface area contributed by atoms with Gasteiger partial charge in [-0.15, -0.1) is 0 Å². The van der Waals surface area contributed by atoms with Crippen LogP contribution in [-0.2, 0) is 0 Å². The van der Waals surface area contributed by atoms with E-state index in [2.05, 4.69) is 27.7 Å². The summed E-state index contributed by atoms with van der Waals surface area (Å²) in [6.07, 6.45) is 56.1. The van der Waals surface area contributed by atoms with E-state index in [0.29, 0.717) is 0 Å². The molecule has 0 amide bonds. The first-order valence-electron chi connectivity index (χ1n) is 21.7. The SMILES string of the molecule is CCCCCCCCCCCCCCCCCCCCCCCC[C@H](C)CCC[C@H](C)CCCCCCCCCCCCC. The third-order valence-electron chi connectivity index (χ3n) is 10.7. The Morgan fingerprint density at radius 1 is 0.205 bits per heavy atom. The van der Waals surface area contributed by atoms with Crippen LogP contribution in [0.4, 0.5) is 0 Å². The lowest BCUT2D eigenvalue weighted by Gasteiger charge is -2.14. The topological polar surface area (TPSA) is 0 Å². The molecule has 0 unspecified atom stereocenters. The lowest BCUT2D eigenvalue weighted by Crippen LogP contribution is -1.99. The molecule has 0 saturated heterocycles. The summed E-state index contributed by atoms with van der Waals surface area (Å²) in [5, 5.41) is 0. The maximum atomic E-state index is 2.52. The molecule has 0 heterocycles. The standard InChI is InChI=1S/C44H90/c1-5-7-9-11-13-15-17-18-19-20-21-22-23-24-25-26-27-29-31-33-35-37-40-44(4)42-38-41-43(3)39-36-34-32-30-28-16-14-12-10-8-6-2/h43-44H,5-42H2,1-4H3/t43-,44+/m1/s1. The fraction of sp³-hybridized carbons (Fsp3) is 1.00. The second-order valence-corrected chi connectivity index (χ2v) is 15.7. The maximum absolute atomic E-state index is 2.52. The second kappa shape index (κ2) is 39.2. The Bertz CT molecular complexity index is 480. The minimum Gasteiger partial charge on any atom is -0.0654 e. The van der Waals surface area contributed by atoms with Crippen molar-refractivity contribution in [3.8, 4) is 0 Å². The van der Waals surface area contributed by atoms with Gasteiger partial charge < -0.3 is 0 Å². The molecule has 0 rings (SSSR count). The minimum absolute atomic E-state index is 0.953. The summed E-state index contributed by atoms with van der Waals surface area (Å²) < 4.78 is 0. The molecule has 0 saturated carbocycles. The fourth-order valence-corrected chi connectivity index (χ4v) is 7.36. The van der Waals surface area contributed by atoms with Gasteiger partial charge in [0.15, 0.2) is 0 Å². The predicted molar refractivity (Wildman–Crippen MR) is 205 cm³/mol. The summed E-state index contributed by atoms with van der Waals surface area (Å²) in [6, 6.07) is 0. The van der Waals surface area contributed by atoms with Crippen molar-refractivity contribution in [1.29, 1.82) is 0 Å². The maximum Gasteiger partial charge on any atom is -0.0443 e. The molecule has 2 atom stereocenters. The van der Waals surface area contributed by atoms with Gasteiger partial charge >= 0.3 is 0 Å². The molecule has 44 heavy (non-hydrogen) atoms. The molecule has 0 aromatic carbocycles. The molecule has 0 aliphatic carbocycles. The summed E-state index contributed by atoms with van der Waals surface area (Å²) >= 11 is 0. The van der Waals surface area contributed by atoms with Gasteiger partial charge in [0.05, 0.1) is 0 Å². The molecule has 0 aliphatic rings. The number of rotatable bonds is 39. The van der Waals surface area contributed by atoms with E-state index in [0.717, 1.165) is 11.8 Å². The Morgan fingerprint density at radius 2 is 0.364 bits per heavy atom. The zero-order valence-electron chi connectivity index (χ0n) is 32.0. The van der Waals surface area contributed by atoms with E-state index in [1.807, 2.05) is 0 Å². The van der Waals surface area contributed by atoms with E-state index in [4.69, 9.17) is 0 Å². The highest BCUT2D eigenvalue weighted by Gasteiger charge is 2.06. The van der Waals surface area contributed by atoms with E-state index < -0.39 is 0 Å². The molecule has 0 aliphatic heterocycles. The highest BCUT2D eigenvalue weighted by Crippen LogP contribution is 2.22. The Kier molecular flexibility index (Phi) is 39.2. The van der Waals surface area contributed by atoms with Crippen LogP contribution in [0.25, 0.3) is 0 Å². The van der Waals surface area contributed by atoms with Crippen molar-refractivity contribution >= 4 is 0 Å². The van der Waals surface area contributed by atoms with Crippen LogP contribution in [0.1, 0.15) is 272 Å². The van der Waals surface area contributed by atoms with Crippen LogP contribution in [0.5, 0.6) is 0 Å². The van der Waals surface area contributed by atoms with Gasteiger partial charge in [0.2, 0.25) is 0 Å². The molecule has 0 aromatic heterocycles. The van der Waals surface area contributed by atoms with Crippen molar-refractivity contribution in [2.45, 2.75) is 272 Å². The van der Waals surface area contributed by atoms with E-state index in [-0.39, 0.29) is 0 Å². The van der Waals surface area contributed by atoms with E-state index >= 15 is 0 Å². The second-order valence-electron chi connectivity index (χ2n) is 15.7. The summed E-state index contributed by atoms with van der Waals surface area (Å²) in [6.45, 7) is 9.66. The van der Waals surface area contributed by atoms with Crippen molar-refractivity contribution in [2.24, 2.45) is 11.8 Å². The summed E-state index contributed by atoms with van der Waals surface area (Å²) in [5.74, 6) is 1.91. The monoisotopic (exact) mass is 619 g/mol. The molecule has 0 nitrogen and oxygen atoms in total. The average molecular weight is 619 g/mol. The van der Waals surface area contributed by atoms with Crippen LogP contribution in [0.2, 0.25) is 0 Å². The van der Waals surface area contributed by atoms with Crippen LogP contribution in [0.15, 0.2) is 0 Å². The Labute approximate surface area is 282 Å². The number of unbranched alkanes of at least 4 members (excludes halogenated alkanes) is 31. The van der Waals surface area contributed by atoms with E-state index in [1.165, 1.54) is 244 Å². The average Bonchev–Trinajstić information content (AvgIpc) is 3.02. The van der Waals surface area contributed by atoms with Gasteiger partial charge in [-0.25, -0.2) is 0 Å². The van der Waals surface area contributed by atoms with E-state index in [9.17, 15) is 0 Å². The molecular weight excluding hydrogens is 528 g/mol. The molecule has 0 heteroatoms. The Balaban J connectivity index is 3.22. The molecule has 0 aromatic rings. The summed E-state index contributed by atoms with van der Waals surface area (Å²) in [4.78, 5) is 0. The number of hydrogen-bond acceptors (Lipinski definition) is 0. The highest BCUT2D eigenvalue weighted by molar-refractivity contribution is 4.60. The van der Waals surface area contributed by atoms with Crippen molar-refractivity contribution in [3.05, 3.63) is 0 Å². The first-order valence-corrected chi connectivity index (χ1v) is 21.7. The largest absolute Gasteiger partial charge is 0.0654 e. The normalized spacial score (nSPS) is 13.1. The van der Waals surface area contributed by atoms with Gasteiger partial charge in [0, 0.05) is 0 Å². The third kappa shape index (κ3) is 38.2. The fourth-order valence-electron chi connectivity index (χ4n) is 7.36. The Hall–Kier alpha value is 0. The molecular formula is C44H90. The van der Waals surface area contributed by atoms with Gasteiger partial charge in [0.25, 0.3) is 0 Å². The first-order chi connectivity index (χ1) is 21.7. The molecule has 0 N–H and O–H groups in total. The highest BCUT2D eigenvalue weighted by atomic mass is 14.1. The van der Waals surface area contributed by atoms with Crippen LogP contribution in [0, 0.1) is 11.8 Å². The number of hydrogen-bond donors (Lipinski definition) is 0. The van der Waals surface area contributed by atoms with Crippen molar-refractivity contribution < 1.29 is 0 Å². The quantitative estimate of drug-likeness (QED) is 0.0601. The molecule has 266 valence electrons. The van der Waals surface area contributed by atoms with Gasteiger partial charge in [-0.3, -0.25) is 0 Å². The molecule has 0 fully saturated rings. The summed E-state index contributed by atoms with van der Waals surface area (Å²) in [7, 11) is 0. The molecule has 0 radical (unpaired) electrons. The van der Waals surface area contributed by atoms with Gasteiger partial charge in [-0.05, 0) is 11.8 Å². The first kappa shape index (κ1) is 44.0. The van der Waals surface area contributed by atoms with Crippen molar-refractivity contribution in [3.63, 3.8) is 0 Å². The smallest absolute Gasteiger partial charge is 0.0443 e. The molecule has 0 bridgehead atoms. The van der Waals surface area contributed by atoms with E-state index in [1.54, 1.807) is 0 Å². The van der Waals surface area contributed by atoms with Gasteiger partial charge in [-0.2, -0.15) is 0 Å². The van der Waals surface area contributed by atoms with Gasteiger partial charge in [-0.1, -0.05) is 272 Å². The predicted octanol–water partition coefficient (Wildman–Crippen LogP) is 17.1. The third-order valence-corrected chi connectivity index (χ3v) is 10.7. The lowest BCUT2D eigenvalue weighted by molar-refractivity contribution is 0.390. The minimum atomic E-state index is 0.953. The van der Waals surface area contributed by atoms with Crippen LogP contribution in [0.3, 0.4) is 0 Å². The van der Waals surface area contributed by atoms with Crippen LogP contribution in [-0.4, -0.2) is 0 Å². The lowest BCUT2D eigenvalue weighted by atomic mass is 9.92. The summed E-state index contributed by atoms with van der Waals surface area (Å²) in [5.41, 5.74) is 0. The zero-order chi connectivity index (χ0) is 32.0. The van der Waals surface area contributed by atoms with Crippen LogP contribution >= 0.6 is 0 Å². The Morgan fingerprint density at radius 3 is 0.568 bits per heavy atom. The zero-order valence-corrected chi connectivity index (χ0v) is 32.0. The van der Waals surface area contributed by atoms with Gasteiger partial charge in [0.1, 0.15) is 0 Å². The van der Waals surface area contributed by atoms with Crippen molar-refractivity contribution in [2.75, 3.05) is 0 Å². The van der Waals surface area contributed by atoms with Crippen LogP contribution < -0.4 is 0 Å². The molecule has 0 spiro atoms.